The van der Waals surface area contributed by atoms with Crippen LogP contribution in [0.3, 0.4) is 0 Å². The van der Waals surface area contributed by atoms with Gasteiger partial charge in [0.2, 0.25) is 0 Å². The molecule has 0 aromatic heterocycles. The van der Waals surface area contributed by atoms with Crippen molar-refractivity contribution in [1.29, 1.82) is 0 Å². The normalized spacial score (nSPS) is 22.0. The van der Waals surface area contributed by atoms with Gasteiger partial charge in [0, 0.05) is 12.5 Å². The van der Waals surface area contributed by atoms with E-state index in [0.29, 0.717) is 0 Å². The molecule has 1 saturated carbocycles. The molecule has 5 nitrogen and oxygen atoms in total. The van der Waals surface area contributed by atoms with Crippen molar-refractivity contribution in [2.75, 3.05) is 13.2 Å². The standard InChI is InChI=1S/C17H24O5S/c1-2-12-21-15-10-8-14(9-11-15)17(18)13-22-23(19,20)16-6-4-3-5-7-16/h3-7,14-15H,2,8-13H2,1H3/t14-,15-. The quantitative estimate of drug-likeness (QED) is 0.681. The summed E-state index contributed by atoms with van der Waals surface area (Å²) in [6, 6.07) is 7.88. The predicted molar refractivity (Wildman–Crippen MR) is 86.6 cm³/mol. The summed E-state index contributed by atoms with van der Waals surface area (Å²) >= 11 is 0. The molecular formula is C17H24O5S. The Morgan fingerprint density at radius 1 is 1.13 bits per heavy atom. The molecule has 0 unspecified atom stereocenters. The molecule has 1 aliphatic carbocycles. The number of ether oxygens (including phenoxy) is 1. The van der Waals surface area contributed by atoms with Crippen LogP contribution in [0.15, 0.2) is 35.2 Å². The van der Waals surface area contributed by atoms with Gasteiger partial charge >= 0.3 is 0 Å². The Bertz CT molecular complexity index is 589. The molecule has 0 bridgehead atoms. The van der Waals surface area contributed by atoms with E-state index in [4.69, 9.17) is 8.92 Å². The fraction of sp³-hybridized carbons (Fsp3) is 0.588. The van der Waals surface area contributed by atoms with E-state index in [9.17, 15) is 13.2 Å². The maximum Gasteiger partial charge on any atom is 0.297 e. The fourth-order valence-electron chi connectivity index (χ4n) is 2.74. The highest BCUT2D eigenvalue weighted by atomic mass is 32.2. The lowest BCUT2D eigenvalue weighted by atomic mass is 9.85. The van der Waals surface area contributed by atoms with Crippen LogP contribution in [0.5, 0.6) is 0 Å². The molecule has 0 radical (unpaired) electrons. The average Bonchev–Trinajstić information content (AvgIpc) is 2.59. The van der Waals surface area contributed by atoms with Crippen molar-refractivity contribution in [3.63, 3.8) is 0 Å². The van der Waals surface area contributed by atoms with Gasteiger partial charge in [0.05, 0.1) is 11.0 Å². The Morgan fingerprint density at radius 2 is 1.78 bits per heavy atom. The number of rotatable bonds is 8. The van der Waals surface area contributed by atoms with E-state index in [1.807, 2.05) is 0 Å². The Balaban J connectivity index is 1.80. The van der Waals surface area contributed by atoms with Gasteiger partial charge in [-0.05, 0) is 44.2 Å². The van der Waals surface area contributed by atoms with Crippen LogP contribution in [-0.4, -0.2) is 33.5 Å². The molecule has 0 N–H and O–H groups in total. The molecule has 0 heterocycles. The summed E-state index contributed by atoms with van der Waals surface area (Å²) < 4.78 is 34.6. The van der Waals surface area contributed by atoms with E-state index >= 15 is 0 Å². The van der Waals surface area contributed by atoms with Crippen LogP contribution in [0.2, 0.25) is 0 Å². The molecule has 128 valence electrons. The van der Waals surface area contributed by atoms with E-state index in [-0.39, 0.29) is 29.3 Å². The number of hydrogen-bond donors (Lipinski definition) is 0. The largest absolute Gasteiger partial charge is 0.378 e. The summed E-state index contributed by atoms with van der Waals surface area (Å²) in [5.41, 5.74) is 0. The number of Topliss-reactive ketones (excluding diaryl/α,β-unsaturated/α-hetero) is 1. The van der Waals surface area contributed by atoms with Crippen molar-refractivity contribution in [3.05, 3.63) is 30.3 Å². The van der Waals surface area contributed by atoms with Crippen LogP contribution in [-0.2, 0) is 23.8 Å². The molecule has 0 spiro atoms. The smallest absolute Gasteiger partial charge is 0.297 e. The highest BCUT2D eigenvalue weighted by Crippen LogP contribution is 2.27. The average molecular weight is 340 g/mol. The minimum absolute atomic E-state index is 0.0736. The minimum Gasteiger partial charge on any atom is -0.378 e. The number of benzene rings is 1. The van der Waals surface area contributed by atoms with E-state index < -0.39 is 10.1 Å². The zero-order valence-electron chi connectivity index (χ0n) is 13.4. The van der Waals surface area contributed by atoms with Crippen molar-refractivity contribution in [3.8, 4) is 0 Å². The molecule has 1 aromatic rings. The monoisotopic (exact) mass is 340 g/mol. The van der Waals surface area contributed by atoms with Crippen molar-refractivity contribution in [2.24, 2.45) is 5.92 Å². The van der Waals surface area contributed by atoms with Crippen LogP contribution in [0.25, 0.3) is 0 Å². The van der Waals surface area contributed by atoms with Crippen molar-refractivity contribution < 1.29 is 22.1 Å². The van der Waals surface area contributed by atoms with Gasteiger partial charge in [0.25, 0.3) is 10.1 Å². The highest BCUT2D eigenvalue weighted by Gasteiger charge is 2.28. The molecule has 0 saturated heterocycles. The van der Waals surface area contributed by atoms with Gasteiger partial charge in [-0.1, -0.05) is 25.1 Å². The van der Waals surface area contributed by atoms with Crippen LogP contribution in [0.4, 0.5) is 0 Å². The first-order valence-corrected chi connectivity index (χ1v) is 9.52. The number of carbonyl (C=O) groups is 1. The Kier molecular flexibility index (Phi) is 6.74. The summed E-state index contributed by atoms with van der Waals surface area (Å²) in [7, 11) is -3.86. The second kappa shape index (κ2) is 8.57. The summed E-state index contributed by atoms with van der Waals surface area (Å²) in [4.78, 5) is 12.2. The Morgan fingerprint density at radius 3 is 2.39 bits per heavy atom. The van der Waals surface area contributed by atoms with Crippen LogP contribution in [0, 0.1) is 5.92 Å². The van der Waals surface area contributed by atoms with Crippen LogP contribution >= 0.6 is 0 Å². The van der Waals surface area contributed by atoms with E-state index in [1.54, 1.807) is 18.2 Å². The van der Waals surface area contributed by atoms with Gasteiger partial charge < -0.3 is 4.74 Å². The van der Waals surface area contributed by atoms with Gasteiger partial charge in [-0.2, -0.15) is 8.42 Å². The van der Waals surface area contributed by atoms with Crippen molar-refractivity contribution in [1.82, 2.24) is 0 Å². The van der Waals surface area contributed by atoms with Gasteiger partial charge in [-0.25, -0.2) is 0 Å². The number of ketones is 1. The first-order valence-electron chi connectivity index (χ1n) is 8.11. The zero-order chi connectivity index (χ0) is 16.7. The summed E-state index contributed by atoms with van der Waals surface area (Å²) in [5.74, 6) is -0.263. The summed E-state index contributed by atoms with van der Waals surface area (Å²) in [6.45, 7) is 2.43. The van der Waals surface area contributed by atoms with E-state index in [1.165, 1.54) is 12.1 Å². The molecular weight excluding hydrogens is 316 g/mol. The maximum absolute atomic E-state index is 12.2. The van der Waals surface area contributed by atoms with Crippen LogP contribution in [0.1, 0.15) is 39.0 Å². The van der Waals surface area contributed by atoms with Crippen LogP contribution < -0.4 is 0 Å². The topological polar surface area (TPSA) is 69.7 Å². The van der Waals surface area contributed by atoms with Crippen molar-refractivity contribution >= 4 is 15.9 Å². The van der Waals surface area contributed by atoms with E-state index in [2.05, 4.69) is 6.92 Å². The van der Waals surface area contributed by atoms with Gasteiger partial charge in [0.1, 0.15) is 6.61 Å². The third kappa shape index (κ3) is 5.41. The molecule has 1 aromatic carbocycles. The lowest BCUT2D eigenvalue weighted by molar-refractivity contribution is -0.126. The highest BCUT2D eigenvalue weighted by molar-refractivity contribution is 7.86. The zero-order valence-corrected chi connectivity index (χ0v) is 14.3. The Labute approximate surface area is 138 Å². The molecule has 23 heavy (non-hydrogen) atoms. The molecule has 6 heteroatoms. The molecule has 0 aliphatic heterocycles. The second-order valence-corrected chi connectivity index (χ2v) is 7.46. The molecule has 0 atom stereocenters. The first kappa shape index (κ1) is 18.1. The summed E-state index contributed by atoms with van der Waals surface area (Å²) in [6.07, 6.45) is 4.39. The molecule has 0 amide bonds. The van der Waals surface area contributed by atoms with Gasteiger partial charge in [-0.3, -0.25) is 8.98 Å². The number of carbonyl (C=O) groups excluding carboxylic acids is 1. The predicted octanol–water partition coefficient (Wildman–Crippen LogP) is 2.95. The lowest BCUT2D eigenvalue weighted by Crippen LogP contribution is -2.29. The molecule has 1 aliphatic rings. The SMILES string of the molecule is CCCO[C@H]1CC[C@H](C(=O)COS(=O)(=O)c2ccccc2)CC1. The number of hydrogen-bond acceptors (Lipinski definition) is 5. The first-order chi connectivity index (χ1) is 11.0. The minimum atomic E-state index is -3.86. The summed E-state index contributed by atoms with van der Waals surface area (Å²) in [5, 5.41) is 0. The third-order valence-corrected chi connectivity index (χ3v) is 5.35. The van der Waals surface area contributed by atoms with Crippen molar-refractivity contribution in [2.45, 2.75) is 50.0 Å². The maximum atomic E-state index is 12.2. The Hall–Kier alpha value is -1.24. The lowest BCUT2D eigenvalue weighted by Gasteiger charge is -2.27. The fourth-order valence-corrected chi connectivity index (χ4v) is 3.64. The van der Waals surface area contributed by atoms with E-state index in [0.717, 1.165) is 38.7 Å². The third-order valence-electron chi connectivity index (χ3n) is 4.08. The van der Waals surface area contributed by atoms with Gasteiger partial charge in [-0.15, -0.1) is 0 Å². The molecule has 2 rings (SSSR count). The van der Waals surface area contributed by atoms with Gasteiger partial charge in [0.15, 0.2) is 5.78 Å². The molecule has 1 fully saturated rings. The second-order valence-electron chi connectivity index (χ2n) is 5.84.